The van der Waals surface area contributed by atoms with Crippen LogP contribution in [0.3, 0.4) is 0 Å². The summed E-state index contributed by atoms with van der Waals surface area (Å²) in [7, 11) is 1.82. The van der Waals surface area contributed by atoms with Gasteiger partial charge in [-0.05, 0) is 0 Å². The molecule has 0 aliphatic rings. The lowest BCUT2D eigenvalue weighted by atomic mass is 10.5. The average molecular weight is 205 g/mol. The van der Waals surface area contributed by atoms with Crippen molar-refractivity contribution in [2.24, 2.45) is 7.05 Å². The van der Waals surface area contributed by atoms with Gasteiger partial charge in [0.25, 0.3) is 0 Å². The molecule has 0 spiro atoms. The van der Waals surface area contributed by atoms with Crippen molar-refractivity contribution in [3.8, 4) is 0 Å². The van der Waals surface area contributed by atoms with Gasteiger partial charge in [-0.2, -0.15) is 5.10 Å². The van der Waals surface area contributed by atoms with E-state index < -0.39 is 0 Å². The first-order chi connectivity index (χ1) is 7.24. The van der Waals surface area contributed by atoms with Crippen molar-refractivity contribution in [3.63, 3.8) is 0 Å². The van der Waals surface area contributed by atoms with E-state index >= 15 is 0 Å². The molecule has 0 amide bonds. The predicted molar refractivity (Wildman–Crippen MR) is 54.8 cm³/mol. The molecule has 0 unspecified atom stereocenters. The summed E-state index contributed by atoms with van der Waals surface area (Å²) in [6.07, 6.45) is 4.71. The fourth-order valence-corrected chi connectivity index (χ4v) is 1.06. The van der Waals surface area contributed by atoms with Crippen molar-refractivity contribution in [1.82, 2.24) is 24.7 Å². The minimum absolute atomic E-state index is 0.400. The number of aromatic nitrogens is 5. The second-order valence-corrected chi connectivity index (χ2v) is 3.01. The Balaban J connectivity index is 1.96. The van der Waals surface area contributed by atoms with Gasteiger partial charge in [-0.15, -0.1) is 0 Å². The van der Waals surface area contributed by atoms with Gasteiger partial charge in [0.1, 0.15) is 18.0 Å². The Morgan fingerprint density at radius 2 is 2.20 bits per heavy atom. The van der Waals surface area contributed by atoms with Gasteiger partial charge in [0.2, 0.25) is 0 Å². The van der Waals surface area contributed by atoms with Gasteiger partial charge in [-0.25, -0.2) is 15.0 Å². The van der Waals surface area contributed by atoms with Crippen LogP contribution in [-0.4, -0.2) is 24.7 Å². The van der Waals surface area contributed by atoms with Crippen molar-refractivity contribution >= 4 is 11.6 Å². The SMILES string of the molecule is Cn1cnc(CNc2cnc(N)cn2)n1. The average Bonchev–Trinajstić information content (AvgIpc) is 2.64. The van der Waals surface area contributed by atoms with Crippen LogP contribution in [0.5, 0.6) is 0 Å². The molecular formula is C8H11N7. The summed E-state index contributed by atoms with van der Waals surface area (Å²) in [6, 6.07) is 0. The quantitative estimate of drug-likeness (QED) is 0.720. The maximum Gasteiger partial charge on any atom is 0.169 e. The van der Waals surface area contributed by atoms with Crippen LogP contribution in [0.1, 0.15) is 5.82 Å². The molecular weight excluding hydrogens is 194 g/mol. The monoisotopic (exact) mass is 205 g/mol. The fraction of sp³-hybridized carbons (Fsp3) is 0.250. The zero-order valence-electron chi connectivity index (χ0n) is 8.25. The third kappa shape index (κ3) is 2.39. The van der Waals surface area contributed by atoms with Crippen molar-refractivity contribution in [2.75, 3.05) is 11.1 Å². The lowest BCUT2D eigenvalue weighted by Crippen LogP contribution is -2.04. The number of aryl methyl sites for hydroxylation is 1. The largest absolute Gasteiger partial charge is 0.382 e. The Hall–Kier alpha value is -2.18. The maximum atomic E-state index is 5.41. The summed E-state index contributed by atoms with van der Waals surface area (Å²) in [6.45, 7) is 0.513. The van der Waals surface area contributed by atoms with Crippen molar-refractivity contribution in [1.29, 1.82) is 0 Å². The standard InChI is InChI=1S/C8H11N7/c1-15-5-13-8(14-15)4-12-7-3-10-6(9)2-11-7/h2-3,5H,4H2,1H3,(H2,9,10)(H,11,12). The molecule has 78 valence electrons. The van der Waals surface area contributed by atoms with Crippen LogP contribution in [0, 0.1) is 0 Å². The van der Waals surface area contributed by atoms with E-state index in [1.165, 1.54) is 6.20 Å². The summed E-state index contributed by atoms with van der Waals surface area (Å²) in [4.78, 5) is 12.0. The first kappa shape index (κ1) is 9.38. The number of anilines is 2. The molecule has 2 aromatic rings. The van der Waals surface area contributed by atoms with E-state index in [1.807, 2.05) is 7.05 Å². The summed E-state index contributed by atoms with van der Waals surface area (Å²) >= 11 is 0. The number of nitrogens with two attached hydrogens (primary N) is 1. The molecule has 2 aromatic heterocycles. The highest BCUT2D eigenvalue weighted by Gasteiger charge is 1.99. The number of rotatable bonds is 3. The molecule has 2 heterocycles. The van der Waals surface area contributed by atoms with Crippen LogP contribution < -0.4 is 11.1 Å². The van der Waals surface area contributed by atoms with Crippen LogP contribution in [-0.2, 0) is 13.6 Å². The highest BCUT2D eigenvalue weighted by molar-refractivity contribution is 5.35. The Morgan fingerprint density at radius 3 is 2.80 bits per heavy atom. The van der Waals surface area contributed by atoms with Crippen LogP contribution in [0.2, 0.25) is 0 Å². The van der Waals surface area contributed by atoms with Crippen molar-refractivity contribution in [2.45, 2.75) is 6.54 Å². The highest BCUT2D eigenvalue weighted by Crippen LogP contribution is 2.02. The molecule has 2 rings (SSSR count). The zero-order chi connectivity index (χ0) is 10.7. The van der Waals surface area contributed by atoms with Crippen LogP contribution in [0.25, 0.3) is 0 Å². The molecule has 7 heteroatoms. The number of hydrogen-bond acceptors (Lipinski definition) is 6. The van der Waals surface area contributed by atoms with Gasteiger partial charge in [-0.1, -0.05) is 0 Å². The van der Waals surface area contributed by atoms with E-state index in [1.54, 1.807) is 17.2 Å². The Morgan fingerprint density at radius 1 is 1.33 bits per heavy atom. The molecule has 0 aliphatic heterocycles. The molecule has 0 radical (unpaired) electrons. The van der Waals surface area contributed by atoms with Crippen molar-refractivity contribution in [3.05, 3.63) is 24.5 Å². The van der Waals surface area contributed by atoms with Gasteiger partial charge >= 0.3 is 0 Å². The van der Waals surface area contributed by atoms with E-state index in [9.17, 15) is 0 Å². The summed E-state index contributed by atoms with van der Waals surface area (Å²) in [5, 5.41) is 7.15. The van der Waals surface area contributed by atoms with E-state index in [0.717, 1.165) is 0 Å². The summed E-state index contributed by atoms with van der Waals surface area (Å²) < 4.78 is 1.64. The number of hydrogen-bond donors (Lipinski definition) is 2. The Bertz CT molecular complexity index is 433. The number of nitrogen functional groups attached to an aromatic ring is 1. The van der Waals surface area contributed by atoms with Crippen LogP contribution in [0.4, 0.5) is 11.6 Å². The fourth-order valence-electron chi connectivity index (χ4n) is 1.06. The molecule has 0 fully saturated rings. The van der Waals surface area contributed by atoms with Gasteiger partial charge in [0.05, 0.1) is 18.9 Å². The molecule has 3 N–H and O–H groups in total. The molecule has 0 aromatic carbocycles. The third-order valence-electron chi connectivity index (χ3n) is 1.75. The molecule has 15 heavy (non-hydrogen) atoms. The summed E-state index contributed by atoms with van der Waals surface area (Å²) in [5.41, 5.74) is 5.41. The van der Waals surface area contributed by atoms with E-state index in [0.29, 0.717) is 24.0 Å². The van der Waals surface area contributed by atoms with E-state index in [2.05, 4.69) is 25.4 Å². The topological polar surface area (TPSA) is 94.5 Å². The first-order valence-electron chi connectivity index (χ1n) is 4.40. The normalized spacial score (nSPS) is 10.2. The molecule has 0 atom stereocenters. The minimum Gasteiger partial charge on any atom is -0.382 e. The molecule has 0 bridgehead atoms. The van der Waals surface area contributed by atoms with Gasteiger partial charge in [0, 0.05) is 7.05 Å². The van der Waals surface area contributed by atoms with Gasteiger partial charge in [0.15, 0.2) is 5.82 Å². The second kappa shape index (κ2) is 3.91. The molecule has 0 saturated heterocycles. The zero-order valence-corrected chi connectivity index (χ0v) is 8.25. The summed E-state index contributed by atoms with van der Waals surface area (Å²) in [5.74, 6) is 1.75. The van der Waals surface area contributed by atoms with E-state index in [-0.39, 0.29) is 0 Å². The van der Waals surface area contributed by atoms with Gasteiger partial charge < -0.3 is 11.1 Å². The maximum absolute atomic E-state index is 5.41. The smallest absolute Gasteiger partial charge is 0.169 e. The van der Waals surface area contributed by atoms with Crippen LogP contribution >= 0.6 is 0 Å². The first-order valence-corrected chi connectivity index (χ1v) is 4.40. The van der Waals surface area contributed by atoms with Crippen molar-refractivity contribution < 1.29 is 0 Å². The molecule has 0 aliphatic carbocycles. The molecule has 7 nitrogen and oxygen atoms in total. The Labute approximate surface area is 86.4 Å². The van der Waals surface area contributed by atoms with E-state index in [4.69, 9.17) is 5.73 Å². The lowest BCUT2D eigenvalue weighted by Gasteiger charge is -2.01. The lowest BCUT2D eigenvalue weighted by molar-refractivity contribution is 0.747. The van der Waals surface area contributed by atoms with Gasteiger partial charge in [-0.3, -0.25) is 4.68 Å². The second-order valence-electron chi connectivity index (χ2n) is 3.01. The minimum atomic E-state index is 0.400. The molecule has 0 saturated carbocycles. The predicted octanol–water partition coefficient (Wildman–Crippen LogP) is -0.201. The number of nitrogens with zero attached hydrogens (tertiary/aromatic N) is 5. The number of nitrogens with one attached hydrogen (secondary N) is 1. The Kier molecular flexibility index (Phi) is 2.44. The third-order valence-corrected chi connectivity index (χ3v) is 1.75. The van der Waals surface area contributed by atoms with Crippen LogP contribution in [0.15, 0.2) is 18.7 Å². The highest BCUT2D eigenvalue weighted by atomic mass is 15.3.